The predicted molar refractivity (Wildman–Crippen MR) is 118 cm³/mol. The van der Waals surface area contributed by atoms with Crippen LogP contribution in [0.15, 0.2) is 48.5 Å². The second-order valence-electron chi connectivity index (χ2n) is 9.33. The first-order chi connectivity index (χ1) is 14.7. The second kappa shape index (κ2) is 8.24. The molecule has 1 unspecified atom stereocenters. The standard InChI is InChI=1S/C26H33NO3/c1-29-22-11-10-19-15-25-23-9-5-6-12-26(23,24(19)16-22)13-14-27(25)17-20(28)18-30-21-7-3-2-4-8-21/h2-4,7-8,10-11,16,20,23,25,28H,5-6,9,12-15,17-18H2,1H3/t20?,23-,25+,26+/m1/s1. The van der Waals surface area contributed by atoms with Gasteiger partial charge in [-0.25, -0.2) is 0 Å². The van der Waals surface area contributed by atoms with E-state index in [2.05, 4.69) is 23.1 Å². The lowest BCUT2D eigenvalue weighted by Gasteiger charge is -2.59. The van der Waals surface area contributed by atoms with Crippen LogP contribution in [0.3, 0.4) is 0 Å². The smallest absolute Gasteiger partial charge is 0.119 e. The third-order valence-corrected chi connectivity index (χ3v) is 7.79. The number of para-hydroxylation sites is 1. The number of β-amino-alcohol motifs (C(OH)–C–C–N with tert-alkyl or cyclic N) is 1. The van der Waals surface area contributed by atoms with Crippen molar-refractivity contribution < 1.29 is 14.6 Å². The highest BCUT2D eigenvalue weighted by Crippen LogP contribution is 2.56. The van der Waals surface area contributed by atoms with E-state index in [4.69, 9.17) is 9.47 Å². The van der Waals surface area contributed by atoms with Gasteiger partial charge in [-0.05, 0) is 73.5 Å². The van der Waals surface area contributed by atoms with Crippen LogP contribution in [0.25, 0.3) is 0 Å². The summed E-state index contributed by atoms with van der Waals surface area (Å²) in [6.07, 6.45) is 7.04. The largest absolute Gasteiger partial charge is 0.497 e. The van der Waals surface area contributed by atoms with Gasteiger partial charge < -0.3 is 14.6 Å². The number of aliphatic hydroxyl groups excluding tert-OH is 1. The van der Waals surface area contributed by atoms with Gasteiger partial charge in [-0.2, -0.15) is 0 Å². The molecule has 2 fully saturated rings. The molecule has 0 aromatic heterocycles. The normalized spacial score (nSPS) is 28.9. The Kier molecular flexibility index (Phi) is 5.46. The fourth-order valence-corrected chi connectivity index (χ4v) is 6.45. The van der Waals surface area contributed by atoms with Gasteiger partial charge in [0.2, 0.25) is 0 Å². The molecule has 2 aromatic carbocycles. The monoisotopic (exact) mass is 407 g/mol. The average molecular weight is 408 g/mol. The molecule has 160 valence electrons. The number of rotatable bonds is 6. The van der Waals surface area contributed by atoms with Gasteiger partial charge >= 0.3 is 0 Å². The molecule has 1 saturated carbocycles. The predicted octanol–water partition coefficient (Wildman–Crippen LogP) is 4.19. The molecule has 0 amide bonds. The zero-order valence-electron chi connectivity index (χ0n) is 17.9. The molecule has 30 heavy (non-hydrogen) atoms. The minimum Gasteiger partial charge on any atom is -0.497 e. The Morgan fingerprint density at radius 2 is 1.97 bits per heavy atom. The molecule has 2 bridgehead atoms. The van der Waals surface area contributed by atoms with Crippen LogP contribution in [0.5, 0.6) is 11.5 Å². The Hall–Kier alpha value is -2.04. The molecular formula is C26H33NO3. The number of fused-ring (bicyclic) bond motifs is 1. The molecular weight excluding hydrogens is 374 g/mol. The molecule has 0 radical (unpaired) electrons. The number of methoxy groups -OCH3 is 1. The summed E-state index contributed by atoms with van der Waals surface area (Å²) >= 11 is 0. The summed E-state index contributed by atoms with van der Waals surface area (Å²) in [7, 11) is 1.77. The van der Waals surface area contributed by atoms with Crippen molar-refractivity contribution in [2.75, 3.05) is 26.8 Å². The van der Waals surface area contributed by atoms with E-state index < -0.39 is 6.10 Å². The topological polar surface area (TPSA) is 41.9 Å². The quantitative estimate of drug-likeness (QED) is 0.780. The molecule has 1 aliphatic heterocycles. The van der Waals surface area contributed by atoms with Crippen molar-refractivity contribution in [2.45, 2.75) is 56.1 Å². The third kappa shape index (κ3) is 3.50. The molecule has 3 aliphatic rings. The number of likely N-dealkylation sites (tertiary alicyclic amines) is 1. The Balaban J connectivity index is 1.34. The summed E-state index contributed by atoms with van der Waals surface area (Å²) in [6, 6.07) is 17.0. The van der Waals surface area contributed by atoms with E-state index in [1.165, 1.54) is 37.7 Å². The minimum atomic E-state index is -0.474. The number of benzene rings is 2. The maximum atomic E-state index is 10.7. The van der Waals surface area contributed by atoms with Crippen LogP contribution in [0, 0.1) is 5.92 Å². The fraction of sp³-hybridized carbons (Fsp3) is 0.538. The Bertz CT molecular complexity index is 870. The number of piperidine rings is 1. The lowest BCUT2D eigenvalue weighted by molar-refractivity contribution is -0.0367. The van der Waals surface area contributed by atoms with Gasteiger partial charge in [-0.1, -0.05) is 37.1 Å². The van der Waals surface area contributed by atoms with Crippen LogP contribution in [0.1, 0.15) is 43.2 Å². The summed E-state index contributed by atoms with van der Waals surface area (Å²) in [4.78, 5) is 2.56. The second-order valence-corrected chi connectivity index (χ2v) is 9.33. The maximum Gasteiger partial charge on any atom is 0.119 e. The molecule has 4 atom stereocenters. The highest BCUT2D eigenvalue weighted by molar-refractivity contribution is 5.45. The number of hydrogen-bond acceptors (Lipinski definition) is 4. The summed E-state index contributed by atoms with van der Waals surface area (Å²) in [6.45, 7) is 2.09. The van der Waals surface area contributed by atoms with Gasteiger partial charge in [-0.3, -0.25) is 4.90 Å². The van der Waals surface area contributed by atoms with Crippen molar-refractivity contribution >= 4 is 0 Å². The van der Waals surface area contributed by atoms with Gasteiger partial charge in [0.05, 0.1) is 7.11 Å². The van der Waals surface area contributed by atoms with Crippen molar-refractivity contribution in [3.8, 4) is 11.5 Å². The average Bonchev–Trinajstić information content (AvgIpc) is 2.80. The number of hydrogen-bond donors (Lipinski definition) is 1. The Morgan fingerprint density at radius 1 is 1.10 bits per heavy atom. The maximum absolute atomic E-state index is 10.7. The van der Waals surface area contributed by atoms with Crippen LogP contribution < -0.4 is 9.47 Å². The van der Waals surface area contributed by atoms with Crippen molar-refractivity contribution in [3.63, 3.8) is 0 Å². The van der Waals surface area contributed by atoms with Crippen LogP contribution >= 0.6 is 0 Å². The van der Waals surface area contributed by atoms with Crippen LogP contribution in [0.2, 0.25) is 0 Å². The highest BCUT2D eigenvalue weighted by Gasteiger charge is 2.53. The van der Waals surface area contributed by atoms with E-state index in [0.29, 0.717) is 30.5 Å². The van der Waals surface area contributed by atoms with Gasteiger partial charge in [0.15, 0.2) is 0 Å². The van der Waals surface area contributed by atoms with E-state index in [1.54, 1.807) is 12.7 Å². The molecule has 1 heterocycles. The third-order valence-electron chi connectivity index (χ3n) is 7.79. The zero-order valence-corrected chi connectivity index (χ0v) is 17.9. The van der Waals surface area contributed by atoms with Crippen molar-refractivity contribution in [1.82, 2.24) is 4.90 Å². The highest BCUT2D eigenvalue weighted by atomic mass is 16.5. The van der Waals surface area contributed by atoms with Crippen LogP contribution in [0.4, 0.5) is 0 Å². The van der Waals surface area contributed by atoms with Crippen molar-refractivity contribution in [2.24, 2.45) is 5.92 Å². The molecule has 2 aliphatic carbocycles. The molecule has 4 heteroatoms. The van der Waals surface area contributed by atoms with E-state index >= 15 is 0 Å². The molecule has 2 aromatic rings. The number of ether oxygens (including phenoxy) is 2. The first kappa shape index (κ1) is 19.9. The van der Waals surface area contributed by atoms with Gasteiger partial charge in [0.25, 0.3) is 0 Å². The summed E-state index contributed by atoms with van der Waals surface area (Å²) in [5, 5.41) is 10.7. The molecule has 1 N–H and O–H groups in total. The van der Waals surface area contributed by atoms with E-state index in [0.717, 1.165) is 24.5 Å². The SMILES string of the molecule is COc1ccc2c(c1)[C@]13CCCC[C@@H]1[C@H](C2)N(CC(O)COc1ccccc1)CC3. The molecule has 4 nitrogen and oxygen atoms in total. The van der Waals surface area contributed by atoms with Crippen LogP contribution in [-0.2, 0) is 11.8 Å². The van der Waals surface area contributed by atoms with Gasteiger partial charge in [-0.15, -0.1) is 0 Å². The van der Waals surface area contributed by atoms with Crippen molar-refractivity contribution in [1.29, 1.82) is 0 Å². The van der Waals surface area contributed by atoms with Gasteiger partial charge in [0, 0.05) is 18.0 Å². The summed E-state index contributed by atoms with van der Waals surface area (Å²) < 4.78 is 11.4. The molecule has 0 spiro atoms. The zero-order chi connectivity index (χ0) is 20.6. The summed E-state index contributed by atoms with van der Waals surface area (Å²) in [5.74, 6) is 2.49. The minimum absolute atomic E-state index is 0.299. The Morgan fingerprint density at radius 3 is 2.80 bits per heavy atom. The van der Waals surface area contributed by atoms with Crippen LogP contribution in [-0.4, -0.2) is 49.0 Å². The van der Waals surface area contributed by atoms with E-state index in [9.17, 15) is 5.11 Å². The molecule has 5 rings (SSSR count). The van der Waals surface area contributed by atoms with Crippen molar-refractivity contribution in [3.05, 3.63) is 59.7 Å². The fourth-order valence-electron chi connectivity index (χ4n) is 6.45. The number of nitrogens with zero attached hydrogens (tertiary/aromatic N) is 1. The summed E-state index contributed by atoms with van der Waals surface area (Å²) in [5.41, 5.74) is 3.33. The number of aliphatic hydroxyl groups is 1. The Labute approximate surface area is 179 Å². The first-order valence-corrected chi connectivity index (χ1v) is 11.5. The van der Waals surface area contributed by atoms with Gasteiger partial charge in [0.1, 0.15) is 24.2 Å². The molecule has 1 saturated heterocycles. The lowest BCUT2D eigenvalue weighted by Crippen LogP contribution is -2.62. The first-order valence-electron chi connectivity index (χ1n) is 11.5. The van der Waals surface area contributed by atoms with E-state index in [-0.39, 0.29) is 0 Å². The van der Waals surface area contributed by atoms with E-state index in [1.807, 2.05) is 30.3 Å². The lowest BCUT2D eigenvalue weighted by atomic mass is 9.52.